The molecule has 0 bridgehead atoms. The third kappa shape index (κ3) is 4.90. The van der Waals surface area contributed by atoms with Crippen molar-refractivity contribution in [2.24, 2.45) is 0 Å². The summed E-state index contributed by atoms with van der Waals surface area (Å²) in [6.07, 6.45) is 2.95. The number of rotatable bonds is 7. The number of aromatic nitrogens is 1. The molecule has 0 aliphatic heterocycles. The van der Waals surface area contributed by atoms with Crippen LogP contribution in [0.3, 0.4) is 0 Å². The largest absolute Gasteiger partial charge is 0.494 e. The fraction of sp³-hybridized carbons (Fsp3) is 0.143. The van der Waals surface area contributed by atoms with Gasteiger partial charge in [0.05, 0.1) is 32.0 Å². The quantitative estimate of drug-likeness (QED) is 0.498. The third-order valence-electron chi connectivity index (χ3n) is 4.06. The molecule has 1 heterocycles. The number of halogens is 2. The molecule has 0 saturated heterocycles. The maximum atomic E-state index is 13.9. The Hall–Kier alpha value is -3.10. The Morgan fingerprint density at radius 3 is 2.57 bits per heavy atom. The zero-order valence-electron chi connectivity index (χ0n) is 16.4. The van der Waals surface area contributed by atoms with Gasteiger partial charge in [-0.15, -0.1) is 11.3 Å². The topological polar surface area (TPSA) is 69.7 Å². The van der Waals surface area contributed by atoms with Crippen molar-refractivity contribution >= 4 is 40.1 Å². The van der Waals surface area contributed by atoms with E-state index < -0.39 is 5.82 Å². The number of nitrogens with zero attached hydrogens (tertiary/aromatic N) is 1. The maximum Gasteiger partial charge on any atom is 0.250 e. The van der Waals surface area contributed by atoms with Crippen LogP contribution in [0.1, 0.15) is 5.56 Å². The molecule has 156 valence electrons. The van der Waals surface area contributed by atoms with Crippen LogP contribution >= 0.6 is 22.9 Å². The van der Waals surface area contributed by atoms with Crippen molar-refractivity contribution in [3.8, 4) is 28.5 Å². The zero-order valence-corrected chi connectivity index (χ0v) is 17.9. The number of anilines is 1. The molecule has 1 N–H and O–H groups in total. The lowest BCUT2D eigenvalue weighted by molar-refractivity contribution is -0.111. The van der Waals surface area contributed by atoms with Gasteiger partial charge in [0.15, 0.2) is 28.2 Å². The van der Waals surface area contributed by atoms with Crippen molar-refractivity contribution in [3.63, 3.8) is 0 Å². The SMILES string of the molecule is COc1ccc(-c2csc(NC(=O)/C=C/c3cc(Cl)c(OC)c(OC)c3)n2)cc1F. The molecule has 2 aromatic carbocycles. The summed E-state index contributed by atoms with van der Waals surface area (Å²) in [4.78, 5) is 16.6. The first-order chi connectivity index (χ1) is 14.4. The van der Waals surface area contributed by atoms with Crippen LogP contribution in [0.4, 0.5) is 9.52 Å². The van der Waals surface area contributed by atoms with Crippen LogP contribution in [0.5, 0.6) is 17.2 Å². The van der Waals surface area contributed by atoms with E-state index in [9.17, 15) is 9.18 Å². The standard InChI is InChI=1S/C21H18ClFN2O4S/c1-27-17-6-5-13(10-15(17)23)16-11-30-21(24-16)25-19(26)7-4-12-8-14(22)20(29-3)18(9-12)28-2/h4-11H,1-3H3,(H,24,25,26)/b7-4+. The molecular formula is C21H18ClFN2O4S. The lowest BCUT2D eigenvalue weighted by atomic mass is 10.1. The van der Waals surface area contributed by atoms with E-state index in [0.29, 0.717) is 38.5 Å². The van der Waals surface area contributed by atoms with Gasteiger partial charge in [0.25, 0.3) is 0 Å². The molecule has 0 radical (unpaired) electrons. The molecule has 3 rings (SSSR count). The average molecular weight is 449 g/mol. The van der Waals surface area contributed by atoms with E-state index in [1.165, 1.54) is 50.9 Å². The summed E-state index contributed by atoms with van der Waals surface area (Å²) in [6, 6.07) is 7.92. The van der Waals surface area contributed by atoms with E-state index in [2.05, 4.69) is 10.3 Å². The number of nitrogens with one attached hydrogen (secondary N) is 1. The van der Waals surface area contributed by atoms with Crippen LogP contribution in [-0.4, -0.2) is 32.2 Å². The highest BCUT2D eigenvalue weighted by Crippen LogP contribution is 2.36. The number of hydrogen-bond donors (Lipinski definition) is 1. The second kappa shape index (κ2) is 9.60. The molecule has 30 heavy (non-hydrogen) atoms. The molecule has 0 fully saturated rings. The minimum atomic E-state index is -0.481. The lowest BCUT2D eigenvalue weighted by Crippen LogP contribution is -2.07. The summed E-state index contributed by atoms with van der Waals surface area (Å²) >= 11 is 7.40. The summed E-state index contributed by atoms with van der Waals surface area (Å²) in [5.74, 6) is 0.183. The van der Waals surface area contributed by atoms with Crippen LogP contribution in [0.2, 0.25) is 5.02 Å². The number of amides is 1. The molecule has 0 aliphatic rings. The number of ether oxygens (including phenoxy) is 3. The second-order valence-electron chi connectivity index (χ2n) is 5.95. The van der Waals surface area contributed by atoms with Crippen molar-refractivity contribution in [2.75, 3.05) is 26.6 Å². The van der Waals surface area contributed by atoms with E-state index in [-0.39, 0.29) is 11.7 Å². The summed E-state index contributed by atoms with van der Waals surface area (Å²) < 4.78 is 29.2. The van der Waals surface area contributed by atoms with Crippen LogP contribution in [0.25, 0.3) is 17.3 Å². The Balaban J connectivity index is 1.70. The van der Waals surface area contributed by atoms with Crippen LogP contribution in [-0.2, 0) is 4.79 Å². The predicted molar refractivity (Wildman–Crippen MR) is 116 cm³/mol. The highest BCUT2D eigenvalue weighted by atomic mass is 35.5. The molecule has 0 spiro atoms. The van der Waals surface area contributed by atoms with Gasteiger partial charge in [0.2, 0.25) is 5.91 Å². The number of carbonyl (C=O) groups is 1. The summed E-state index contributed by atoms with van der Waals surface area (Å²) in [5.41, 5.74) is 1.80. The van der Waals surface area contributed by atoms with E-state index >= 15 is 0 Å². The number of benzene rings is 2. The van der Waals surface area contributed by atoms with Crippen LogP contribution in [0.15, 0.2) is 41.8 Å². The minimum absolute atomic E-state index is 0.155. The van der Waals surface area contributed by atoms with Crippen molar-refractivity contribution in [1.82, 2.24) is 4.98 Å². The van der Waals surface area contributed by atoms with E-state index in [0.717, 1.165) is 0 Å². The smallest absolute Gasteiger partial charge is 0.250 e. The van der Waals surface area contributed by atoms with Crippen molar-refractivity contribution in [3.05, 3.63) is 58.2 Å². The van der Waals surface area contributed by atoms with Gasteiger partial charge >= 0.3 is 0 Å². The van der Waals surface area contributed by atoms with Crippen LogP contribution < -0.4 is 19.5 Å². The van der Waals surface area contributed by atoms with Crippen LogP contribution in [0, 0.1) is 5.82 Å². The first-order valence-electron chi connectivity index (χ1n) is 8.65. The van der Waals surface area contributed by atoms with Gasteiger partial charge in [-0.3, -0.25) is 10.1 Å². The second-order valence-corrected chi connectivity index (χ2v) is 7.21. The van der Waals surface area contributed by atoms with Gasteiger partial charge in [0.1, 0.15) is 0 Å². The Labute approximate surface area is 181 Å². The van der Waals surface area contributed by atoms with E-state index in [1.54, 1.807) is 29.7 Å². The molecule has 0 atom stereocenters. The first kappa shape index (κ1) is 21.6. The fourth-order valence-electron chi connectivity index (χ4n) is 2.64. The molecule has 1 aromatic heterocycles. The van der Waals surface area contributed by atoms with Crippen molar-refractivity contribution < 1.29 is 23.4 Å². The monoisotopic (exact) mass is 448 g/mol. The van der Waals surface area contributed by atoms with Gasteiger partial charge in [-0.25, -0.2) is 9.37 Å². The first-order valence-corrected chi connectivity index (χ1v) is 9.91. The van der Waals surface area contributed by atoms with Gasteiger partial charge in [-0.05, 0) is 42.0 Å². The summed E-state index contributed by atoms with van der Waals surface area (Å²) in [6.45, 7) is 0. The molecular weight excluding hydrogens is 431 g/mol. The molecule has 0 unspecified atom stereocenters. The molecule has 3 aromatic rings. The number of thiazole rings is 1. The minimum Gasteiger partial charge on any atom is -0.494 e. The lowest BCUT2D eigenvalue weighted by Gasteiger charge is -2.10. The molecule has 6 nitrogen and oxygen atoms in total. The van der Waals surface area contributed by atoms with Gasteiger partial charge in [-0.1, -0.05) is 11.6 Å². The van der Waals surface area contributed by atoms with Crippen molar-refractivity contribution in [2.45, 2.75) is 0 Å². The Bertz CT molecular complexity index is 1100. The number of carbonyl (C=O) groups excluding carboxylic acids is 1. The fourth-order valence-corrected chi connectivity index (χ4v) is 3.66. The maximum absolute atomic E-state index is 13.9. The number of methoxy groups -OCH3 is 3. The Morgan fingerprint density at radius 2 is 1.90 bits per heavy atom. The van der Waals surface area contributed by atoms with Gasteiger partial charge < -0.3 is 14.2 Å². The van der Waals surface area contributed by atoms with E-state index in [4.69, 9.17) is 25.8 Å². The third-order valence-corrected chi connectivity index (χ3v) is 5.10. The van der Waals surface area contributed by atoms with Crippen molar-refractivity contribution in [1.29, 1.82) is 0 Å². The highest BCUT2D eigenvalue weighted by Gasteiger charge is 2.11. The highest BCUT2D eigenvalue weighted by molar-refractivity contribution is 7.14. The Morgan fingerprint density at radius 1 is 1.13 bits per heavy atom. The summed E-state index contributed by atoms with van der Waals surface area (Å²) in [7, 11) is 4.40. The Kier molecular flexibility index (Phi) is 6.91. The van der Waals surface area contributed by atoms with Gasteiger partial charge in [-0.2, -0.15) is 0 Å². The zero-order chi connectivity index (χ0) is 21.7. The molecule has 1 amide bonds. The molecule has 0 aliphatic carbocycles. The summed E-state index contributed by atoms with van der Waals surface area (Å²) in [5, 5.41) is 5.17. The molecule has 9 heteroatoms. The molecule has 0 saturated carbocycles. The normalized spacial score (nSPS) is 10.8. The predicted octanol–water partition coefficient (Wildman–Crippen LogP) is 5.28. The van der Waals surface area contributed by atoms with Gasteiger partial charge in [0, 0.05) is 17.0 Å². The number of hydrogen-bond acceptors (Lipinski definition) is 6. The average Bonchev–Trinajstić information content (AvgIpc) is 3.20. The van der Waals surface area contributed by atoms with E-state index in [1.807, 2.05) is 0 Å².